The van der Waals surface area contributed by atoms with Gasteiger partial charge in [0.1, 0.15) is 12.4 Å². The number of carbonyl (C=O) groups excluding carboxylic acids is 2. The molecule has 1 aromatic heterocycles. The van der Waals surface area contributed by atoms with Gasteiger partial charge in [0, 0.05) is 6.20 Å². The highest BCUT2D eigenvalue weighted by molar-refractivity contribution is 6.34. The number of fused-ring (bicyclic) bond motifs is 1. The molecule has 0 spiro atoms. The maximum atomic E-state index is 12.7. The number of para-hydroxylation sites is 2. The zero-order chi connectivity index (χ0) is 18.1. The molecular weight excluding hydrogens is 354 g/mol. The normalized spacial score (nSPS) is 13.2. The molecule has 1 aliphatic rings. The van der Waals surface area contributed by atoms with Gasteiger partial charge in [0.2, 0.25) is 0 Å². The second-order valence-corrected chi connectivity index (χ2v) is 6.17. The van der Waals surface area contributed by atoms with Crippen LogP contribution in [0, 0.1) is 0 Å². The van der Waals surface area contributed by atoms with E-state index in [9.17, 15) is 9.59 Å². The van der Waals surface area contributed by atoms with Crippen LogP contribution in [0.1, 0.15) is 20.7 Å². The molecule has 0 saturated carbocycles. The van der Waals surface area contributed by atoms with Gasteiger partial charge >= 0.3 is 0 Å². The van der Waals surface area contributed by atoms with Crippen molar-refractivity contribution < 1.29 is 14.3 Å². The van der Waals surface area contributed by atoms with Crippen LogP contribution >= 0.6 is 11.6 Å². The average molecular weight is 368 g/mol. The Kier molecular flexibility index (Phi) is 4.18. The maximum Gasteiger partial charge on any atom is 0.266 e. The van der Waals surface area contributed by atoms with Gasteiger partial charge in [0.15, 0.2) is 0 Å². The molecular formula is C19H14ClN3O3. The number of hydrogen-bond donors (Lipinski definition) is 0. The van der Waals surface area contributed by atoms with Gasteiger partial charge in [-0.15, -0.1) is 0 Å². The highest BCUT2D eigenvalue weighted by atomic mass is 35.5. The Morgan fingerprint density at radius 1 is 0.962 bits per heavy atom. The molecule has 2 aromatic carbocycles. The predicted octanol–water partition coefficient (Wildman–Crippen LogP) is 3.42. The predicted molar refractivity (Wildman–Crippen MR) is 96.8 cm³/mol. The number of anilines is 1. The number of hydrogen-bond acceptors (Lipinski definition) is 4. The standard InChI is InChI=1S/C19H14ClN3O3/c20-13-11-21-22(12-13)9-10-26-17-8-4-3-7-16(17)23-18(24)14-5-1-2-6-15(14)19(23)25/h1-8,11-12H,9-10H2. The van der Waals surface area contributed by atoms with Crippen LogP contribution in [0.25, 0.3) is 0 Å². The number of nitrogens with zero attached hydrogens (tertiary/aromatic N) is 3. The summed E-state index contributed by atoms with van der Waals surface area (Å²) in [6, 6.07) is 13.8. The SMILES string of the molecule is O=C1c2ccccc2C(=O)N1c1ccccc1OCCn1cc(Cl)cn1. The van der Waals surface area contributed by atoms with Crippen molar-refractivity contribution in [2.75, 3.05) is 11.5 Å². The van der Waals surface area contributed by atoms with Gasteiger partial charge in [0.05, 0.1) is 34.6 Å². The second kappa shape index (κ2) is 6.65. The molecule has 6 nitrogen and oxygen atoms in total. The molecule has 0 bridgehead atoms. The van der Waals surface area contributed by atoms with Crippen molar-refractivity contribution >= 4 is 29.1 Å². The van der Waals surface area contributed by atoms with E-state index in [1.54, 1.807) is 65.6 Å². The Labute approximate surface area is 154 Å². The number of halogens is 1. The van der Waals surface area contributed by atoms with E-state index in [1.165, 1.54) is 0 Å². The number of benzene rings is 2. The number of rotatable bonds is 5. The Bertz CT molecular complexity index is 964. The zero-order valence-corrected chi connectivity index (χ0v) is 14.4. The van der Waals surface area contributed by atoms with Crippen LogP contribution in [-0.4, -0.2) is 28.2 Å². The summed E-state index contributed by atoms with van der Waals surface area (Å²) in [6.07, 6.45) is 3.25. The molecule has 0 atom stereocenters. The molecule has 2 heterocycles. The minimum Gasteiger partial charge on any atom is -0.489 e. The first kappa shape index (κ1) is 16.4. The topological polar surface area (TPSA) is 64.4 Å². The van der Waals surface area contributed by atoms with Crippen molar-refractivity contribution in [3.8, 4) is 5.75 Å². The van der Waals surface area contributed by atoms with Crippen LogP contribution in [0.15, 0.2) is 60.9 Å². The third-order valence-corrected chi connectivity index (χ3v) is 4.28. The van der Waals surface area contributed by atoms with Crippen molar-refractivity contribution in [2.45, 2.75) is 6.54 Å². The monoisotopic (exact) mass is 367 g/mol. The van der Waals surface area contributed by atoms with Crippen LogP contribution < -0.4 is 9.64 Å². The highest BCUT2D eigenvalue weighted by Gasteiger charge is 2.37. The molecule has 7 heteroatoms. The lowest BCUT2D eigenvalue weighted by Gasteiger charge is -2.18. The molecule has 0 fully saturated rings. The smallest absolute Gasteiger partial charge is 0.266 e. The van der Waals surface area contributed by atoms with Crippen molar-refractivity contribution in [3.63, 3.8) is 0 Å². The van der Waals surface area contributed by atoms with E-state index >= 15 is 0 Å². The average Bonchev–Trinajstić information content (AvgIpc) is 3.18. The third kappa shape index (κ3) is 2.84. The number of ether oxygens (including phenoxy) is 1. The lowest BCUT2D eigenvalue weighted by atomic mass is 10.1. The molecule has 3 aromatic rings. The molecule has 1 aliphatic heterocycles. The fourth-order valence-corrected chi connectivity index (χ4v) is 3.04. The van der Waals surface area contributed by atoms with Crippen LogP contribution in [0.4, 0.5) is 5.69 Å². The second-order valence-electron chi connectivity index (χ2n) is 5.73. The lowest BCUT2D eigenvalue weighted by molar-refractivity contribution is 0.0924. The van der Waals surface area contributed by atoms with Gasteiger partial charge in [-0.1, -0.05) is 35.9 Å². The summed E-state index contributed by atoms with van der Waals surface area (Å²) < 4.78 is 7.47. The van der Waals surface area contributed by atoms with Gasteiger partial charge in [-0.2, -0.15) is 5.10 Å². The molecule has 4 rings (SSSR count). The van der Waals surface area contributed by atoms with Crippen molar-refractivity contribution in [1.29, 1.82) is 0 Å². The van der Waals surface area contributed by atoms with E-state index in [0.717, 1.165) is 4.90 Å². The minimum absolute atomic E-state index is 0.318. The summed E-state index contributed by atoms with van der Waals surface area (Å²) in [5, 5.41) is 4.64. The number of amides is 2. The zero-order valence-electron chi connectivity index (χ0n) is 13.6. The van der Waals surface area contributed by atoms with Crippen molar-refractivity contribution in [1.82, 2.24) is 9.78 Å². The first-order chi connectivity index (χ1) is 12.6. The minimum atomic E-state index is -0.347. The highest BCUT2D eigenvalue weighted by Crippen LogP contribution is 2.34. The van der Waals surface area contributed by atoms with E-state index in [4.69, 9.17) is 16.3 Å². The molecule has 2 amide bonds. The molecule has 0 radical (unpaired) electrons. The fourth-order valence-electron chi connectivity index (χ4n) is 2.88. The Balaban J connectivity index is 1.56. The van der Waals surface area contributed by atoms with E-state index in [1.807, 2.05) is 0 Å². The first-order valence-electron chi connectivity index (χ1n) is 8.03. The van der Waals surface area contributed by atoms with E-state index in [-0.39, 0.29) is 11.8 Å². The van der Waals surface area contributed by atoms with Gasteiger partial charge in [-0.05, 0) is 24.3 Å². The molecule has 0 saturated heterocycles. The summed E-state index contributed by atoms with van der Waals surface area (Å²) in [6.45, 7) is 0.807. The Morgan fingerprint density at radius 3 is 2.27 bits per heavy atom. The lowest BCUT2D eigenvalue weighted by Crippen LogP contribution is -2.30. The van der Waals surface area contributed by atoms with E-state index < -0.39 is 0 Å². The summed E-state index contributed by atoms with van der Waals surface area (Å²) in [5.74, 6) is -0.235. The Morgan fingerprint density at radius 2 is 1.62 bits per heavy atom. The van der Waals surface area contributed by atoms with Gasteiger partial charge in [-0.3, -0.25) is 14.3 Å². The van der Waals surface area contributed by atoms with Crippen LogP contribution in [0.5, 0.6) is 5.75 Å². The summed E-state index contributed by atoms with van der Waals surface area (Å²) in [7, 11) is 0. The molecule has 0 N–H and O–H groups in total. The number of imide groups is 1. The van der Waals surface area contributed by atoms with E-state index in [0.29, 0.717) is 40.7 Å². The summed E-state index contributed by atoms with van der Waals surface area (Å²) in [4.78, 5) is 26.5. The molecule has 0 aliphatic carbocycles. The van der Waals surface area contributed by atoms with E-state index in [2.05, 4.69) is 5.10 Å². The molecule has 130 valence electrons. The number of carbonyl (C=O) groups is 2. The van der Waals surface area contributed by atoms with Crippen LogP contribution in [-0.2, 0) is 6.54 Å². The van der Waals surface area contributed by atoms with Crippen molar-refractivity contribution in [2.24, 2.45) is 0 Å². The van der Waals surface area contributed by atoms with Crippen LogP contribution in [0.3, 0.4) is 0 Å². The largest absolute Gasteiger partial charge is 0.489 e. The quantitative estimate of drug-likeness (QED) is 0.648. The van der Waals surface area contributed by atoms with Gasteiger partial charge in [0.25, 0.3) is 11.8 Å². The first-order valence-corrected chi connectivity index (χ1v) is 8.40. The van der Waals surface area contributed by atoms with Crippen LogP contribution in [0.2, 0.25) is 5.02 Å². The third-order valence-electron chi connectivity index (χ3n) is 4.08. The van der Waals surface area contributed by atoms with Gasteiger partial charge in [-0.25, -0.2) is 4.90 Å². The molecule has 26 heavy (non-hydrogen) atoms. The van der Waals surface area contributed by atoms with Gasteiger partial charge < -0.3 is 4.74 Å². The summed E-state index contributed by atoms with van der Waals surface area (Å²) in [5.41, 5.74) is 1.23. The summed E-state index contributed by atoms with van der Waals surface area (Å²) >= 11 is 5.84. The van der Waals surface area contributed by atoms with Crippen molar-refractivity contribution in [3.05, 3.63) is 77.1 Å². The fraction of sp³-hybridized carbons (Fsp3) is 0.105. The number of aromatic nitrogens is 2. The maximum absolute atomic E-state index is 12.7. The Hall–Kier alpha value is -3.12. The molecule has 0 unspecified atom stereocenters.